The molecule has 0 bridgehead atoms. The van der Waals surface area contributed by atoms with E-state index in [-0.39, 0.29) is 17.2 Å². The molecule has 0 saturated heterocycles. The summed E-state index contributed by atoms with van der Waals surface area (Å²) in [5.74, 6) is -0.456. The van der Waals surface area contributed by atoms with Crippen LogP contribution in [-0.2, 0) is 6.54 Å². The Morgan fingerprint density at radius 1 is 1.19 bits per heavy atom. The van der Waals surface area contributed by atoms with Crippen molar-refractivity contribution < 1.29 is 28.2 Å². The lowest BCUT2D eigenvalue weighted by atomic mass is 10.1. The molecule has 0 amide bonds. The summed E-state index contributed by atoms with van der Waals surface area (Å²) in [4.78, 5) is 21.8. The summed E-state index contributed by atoms with van der Waals surface area (Å²) in [5.41, 5.74) is 1.53. The topological polar surface area (TPSA) is 84.8 Å². The molecule has 0 aliphatic heterocycles. The first-order chi connectivity index (χ1) is 15.5. The van der Waals surface area contributed by atoms with Gasteiger partial charge in [0.1, 0.15) is 5.82 Å². The van der Waals surface area contributed by atoms with Gasteiger partial charge < -0.3 is 19.5 Å². The molecule has 0 radical (unpaired) electrons. The van der Waals surface area contributed by atoms with Gasteiger partial charge in [0.05, 0.1) is 18.7 Å². The van der Waals surface area contributed by atoms with E-state index in [1.54, 1.807) is 35.5 Å². The molecule has 1 aliphatic carbocycles. The van der Waals surface area contributed by atoms with Gasteiger partial charge in [0.25, 0.3) is 5.88 Å². The Morgan fingerprint density at radius 3 is 2.72 bits per heavy atom. The van der Waals surface area contributed by atoms with E-state index in [1.165, 1.54) is 24.3 Å². The van der Waals surface area contributed by atoms with E-state index in [0.717, 1.165) is 18.4 Å². The second kappa shape index (κ2) is 9.59. The van der Waals surface area contributed by atoms with Crippen LogP contribution in [0, 0.1) is 5.92 Å². The van der Waals surface area contributed by atoms with Crippen LogP contribution in [0.2, 0.25) is 0 Å². The lowest BCUT2D eigenvalue weighted by molar-refractivity contribution is -0.0519. The minimum Gasteiger partial charge on any atom is -0.478 e. The van der Waals surface area contributed by atoms with Gasteiger partial charge in [-0.1, -0.05) is 12.1 Å². The largest absolute Gasteiger partial charge is 0.478 e. The van der Waals surface area contributed by atoms with Crippen molar-refractivity contribution >= 4 is 17.5 Å². The Labute approximate surface area is 183 Å². The zero-order chi connectivity index (χ0) is 22.5. The molecular weight excluding hydrogens is 420 g/mol. The van der Waals surface area contributed by atoms with E-state index in [4.69, 9.17) is 4.74 Å². The first-order valence-electron chi connectivity index (χ1n) is 10.1. The molecule has 166 valence electrons. The van der Waals surface area contributed by atoms with Crippen LogP contribution in [-0.4, -0.2) is 34.3 Å². The standard InChI is InChI=1S/C23H21F2N3O4/c24-23(25)32-19-8-9-20(27-21(19)31-14-15-6-7-15)28(13-16-3-2-10-26-12-16)18-5-1-4-17(11-18)22(29)30/h1-5,8-12,15,23H,6-7,13-14H2,(H,29,30). The molecule has 1 aromatic carbocycles. The van der Waals surface area contributed by atoms with Crippen molar-refractivity contribution in [3.05, 3.63) is 72.1 Å². The summed E-state index contributed by atoms with van der Waals surface area (Å²) in [6.07, 6.45) is 5.39. The predicted octanol–water partition coefficient (Wildman–Crippen LogP) is 4.90. The minimum atomic E-state index is -3.01. The first-order valence-corrected chi connectivity index (χ1v) is 10.1. The van der Waals surface area contributed by atoms with Crippen LogP contribution < -0.4 is 14.4 Å². The van der Waals surface area contributed by atoms with Gasteiger partial charge in [-0.2, -0.15) is 13.8 Å². The highest BCUT2D eigenvalue weighted by Gasteiger charge is 2.24. The number of carboxylic acids is 1. The molecule has 2 heterocycles. The Hall–Kier alpha value is -3.75. The third kappa shape index (κ3) is 5.48. The summed E-state index contributed by atoms with van der Waals surface area (Å²) >= 11 is 0. The van der Waals surface area contributed by atoms with Gasteiger partial charge >= 0.3 is 12.6 Å². The van der Waals surface area contributed by atoms with Crippen molar-refractivity contribution in [2.45, 2.75) is 26.0 Å². The second-order valence-electron chi connectivity index (χ2n) is 7.41. The highest BCUT2D eigenvalue weighted by molar-refractivity contribution is 5.89. The number of aromatic carboxylic acids is 1. The summed E-state index contributed by atoms with van der Waals surface area (Å²) in [6.45, 7) is -2.32. The Balaban J connectivity index is 1.72. The van der Waals surface area contributed by atoms with Gasteiger partial charge in [0.2, 0.25) is 0 Å². The fourth-order valence-electron chi connectivity index (χ4n) is 3.12. The SMILES string of the molecule is O=C(O)c1cccc(N(Cc2cccnc2)c2ccc(OC(F)F)c(OCC3CC3)n2)c1. The fourth-order valence-corrected chi connectivity index (χ4v) is 3.12. The molecule has 7 nitrogen and oxygen atoms in total. The smallest absolute Gasteiger partial charge is 0.387 e. The number of hydrogen-bond donors (Lipinski definition) is 1. The number of rotatable bonds is 10. The molecule has 9 heteroatoms. The Morgan fingerprint density at radius 2 is 2.03 bits per heavy atom. The van der Waals surface area contributed by atoms with Crippen LogP contribution in [0.4, 0.5) is 20.3 Å². The molecule has 1 aliphatic rings. The maximum Gasteiger partial charge on any atom is 0.387 e. The van der Waals surface area contributed by atoms with Gasteiger partial charge in [-0.3, -0.25) is 4.98 Å². The third-order valence-electron chi connectivity index (χ3n) is 4.92. The Bertz CT molecular complexity index is 1080. The monoisotopic (exact) mass is 441 g/mol. The van der Waals surface area contributed by atoms with E-state index >= 15 is 0 Å². The number of anilines is 2. The third-order valence-corrected chi connectivity index (χ3v) is 4.92. The molecule has 0 spiro atoms. The van der Waals surface area contributed by atoms with Gasteiger partial charge in [-0.25, -0.2) is 4.79 Å². The van der Waals surface area contributed by atoms with E-state index < -0.39 is 12.6 Å². The van der Waals surface area contributed by atoms with Gasteiger partial charge in [0, 0.05) is 18.1 Å². The van der Waals surface area contributed by atoms with Crippen LogP contribution in [0.1, 0.15) is 28.8 Å². The van der Waals surface area contributed by atoms with Crippen LogP contribution in [0.3, 0.4) is 0 Å². The Kier molecular flexibility index (Phi) is 6.44. The molecular formula is C23H21F2N3O4. The average molecular weight is 441 g/mol. The normalized spacial score (nSPS) is 13.1. The fraction of sp³-hybridized carbons (Fsp3) is 0.261. The van der Waals surface area contributed by atoms with Crippen molar-refractivity contribution in [3.8, 4) is 11.6 Å². The number of benzene rings is 1. The van der Waals surface area contributed by atoms with Crippen LogP contribution >= 0.6 is 0 Å². The van der Waals surface area contributed by atoms with E-state index in [9.17, 15) is 18.7 Å². The van der Waals surface area contributed by atoms with E-state index in [0.29, 0.717) is 30.6 Å². The highest BCUT2D eigenvalue weighted by atomic mass is 19.3. The van der Waals surface area contributed by atoms with Crippen molar-refractivity contribution in [3.63, 3.8) is 0 Å². The van der Waals surface area contributed by atoms with Crippen LogP contribution in [0.25, 0.3) is 0 Å². The van der Waals surface area contributed by atoms with Crippen molar-refractivity contribution in [2.75, 3.05) is 11.5 Å². The van der Waals surface area contributed by atoms with Gasteiger partial charge in [0.15, 0.2) is 5.75 Å². The molecule has 4 rings (SSSR count). The van der Waals surface area contributed by atoms with Gasteiger partial charge in [-0.15, -0.1) is 0 Å². The lowest BCUT2D eigenvalue weighted by Crippen LogP contribution is -2.19. The number of carboxylic acid groups (broad SMARTS) is 1. The maximum absolute atomic E-state index is 12.9. The molecule has 1 fully saturated rings. The van der Waals surface area contributed by atoms with Crippen LogP contribution in [0.5, 0.6) is 11.6 Å². The van der Waals surface area contributed by atoms with Crippen molar-refractivity contribution in [2.24, 2.45) is 5.92 Å². The number of halogens is 2. The average Bonchev–Trinajstić information content (AvgIpc) is 3.62. The number of hydrogen-bond acceptors (Lipinski definition) is 6. The summed E-state index contributed by atoms with van der Waals surface area (Å²) in [5, 5.41) is 9.39. The highest BCUT2D eigenvalue weighted by Crippen LogP contribution is 2.36. The lowest BCUT2D eigenvalue weighted by Gasteiger charge is -2.25. The zero-order valence-electron chi connectivity index (χ0n) is 17.0. The predicted molar refractivity (Wildman–Crippen MR) is 113 cm³/mol. The minimum absolute atomic E-state index is 0.0275. The number of pyridine rings is 2. The first kappa shape index (κ1) is 21.5. The molecule has 0 atom stereocenters. The quantitative estimate of drug-likeness (QED) is 0.479. The number of carbonyl (C=O) groups is 1. The number of aromatic nitrogens is 2. The maximum atomic E-state index is 12.9. The summed E-state index contributed by atoms with van der Waals surface area (Å²) < 4.78 is 36.0. The second-order valence-corrected chi connectivity index (χ2v) is 7.41. The number of alkyl halides is 2. The molecule has 3 aromatic rings. The number of ether oxygens (including phenoxy) is 2. The summed E-state index contributed by atoms with van der Waals surface area (Å²) in [6, 6.07) is 13.0. The van der Waals surface area contributed by atoms with Crippen molar-refractivity contribution in [1.29, 1.82) is 0 Å². The van der Waals surface area contributed by atoms with Crippen molar-refractivity contribution in [1.82, 2.24) is 9.97 Å². The zero-order valence-corrected chi connectivity index (χ0v) is 17.0. The van der Waals surface area contributed by atoms with Gasteiger partial charge in [-0.05, 0) is 60.7 Å². The van der Waals surface area contributed by atoms with E-state index in [2.05, 4.69) is 14.7 Å². The van der Waals surface area contributed by atoms with E-state index in [1.807, 2.05) is 6.07 Å². The molecule has 1 N–H and O–H groups in total. The number of nitrogens with zero attached hydrogens (tertiary/aromatic N) is 3. The summed E-state index contributed by atoms with van der Waals surface area (Å²) in [7, 11) is 0. The molecule has 2 aromatic heterocycles. The van der Waals surface area contributed by atoms with Crippen LogP contribution in [0.15, 0.2) is 60.9 Å². The molecule has 0 unspecified atom stereocenters. The molecule has 1 saturated carbocycles. The molecule has 32 heavy (non-hydrogen) atoms.